The van der Waals surface area contributed by atoms with Gasteiger partial charge in [0.2, 0.25) is 0 Å². The number of nitrogens with zero attached hydrogens (tertiary/aromatic N) is 3. The summed E-state index contributed by atoms with van der Waals surface area (Å²) in [6.07, 6.45) is 1.47. The van der Waals surface area contributed by atoms with E-state index in [0.29, 0.717) is 11.5 Å². The lowest BCUT2D eigenvalue weighted by Gasteiger charge is -2.05. The fourth-order valence-corrected chi connectivity index (χ4v) is 1.55. The molecule has 0 amide bonds. The molecule has 0 bridgehead atoms. The number of hydrogen-bond acceptors (Lipinski definition) is 5. The molecule has 0 aromatic carbocycles. The van der Waals surface area contributed by atoms with Gasteiger partial charge in [-0.15, -0.1) is 0 Å². The molecule has 0 aliphatic rings. The number of nitrogen functional groups attached to an aromatic ring is 1. The van der Waals surface area contributed by atoms with Gasteiger partial charge in [0, 0.05) is 12.3 Å². The monoisotopic (exact) mass is 246 g/mol. The number of nitrogens with two attached hydrogens (primary N) is 1. The Labute approximate surface area is 102 Å². The van der Waals surface area contributed by atoms with Gasteiger partial charge in [-0.2, -0.15) is 0 Å². The van der Waals surface area contributed by atoms with Crippen LogP contribution in [0.1, 0.15) is 5.69 Å². The second kappa shape index (κ2) is 4.66. The third kappa shape index (κ3) is 2.34. The molecule has 0 aliphatic carbocycles. The van der Waals surface area contributed by atoms with E-state index >= 15 is 0 Å². The molecule has 2 N–H and O–H groups in total. The summed E-state index contributed by atoms with van der Waals surface area (Å²) in [7, 11) is 0. The second-order valence-electron chi connectivity index (χ2n) is 3.64. The number of aromatic nitrogens is 2. The van der Waals surface area contributed by atoms with Crippen LogP contribution in [0.15, 0.2) is 41.3 Å². The van der Waals surface area contributed by atoms with Crippen LogP contribution in [-0.2, 0) is 6.54 Å². The Bertz CT molecular complexity index is 651. The van der Waals surface area contributed by atoms with Gasteiger partial charge >= 0.3 is 11.2 Å². The van der Waals surface area contributed by atoms with E-state index in [1.165, 1.54) is 22.9 Å². The molecule has 2 heterocycles. The summed E-state index contributed by atoms with van der Waals surface area (Å²) >= 11 is 0. The van der Waals surface area contributed by atoms with E-state index < -0.39 is 16.2 Å². The lowest BCUT2D eigenvalue weighted by atomic mass is 10.3. The van der Waals surface area contributed by atoms with Gasteiger partial charge in [-0.25, -0.2) is 4.98 Å². The highest BCUT2D eigenvalue weighted by Gasteiger charge is 2.13. The van der Waals surface area contributed by atoms with Crippen molar-refractivity contribution >= 4 is 11.5 Å². The first-order valence-corrected chi connectivity index (χ1v) is 5.13. The van der Waals surface area contributed by atoms with Crippen molar-refractivity contribution in [3.63, 3.8) is 0 Å². The average molecular weight is 246 g/mol. The van der Waals surface area contributed by atoms with Crippen LogP contribution in [0, 0.1) is 10.1 Å². The zero-order valence-corrected chi connectivity index (χ0v) is 9.31. The van der Waals surface area contributed by atoms with Crippen molar-refractivity contribution in [1.29, 1.82) is 0 Å². The van der Waals surface area contributed by atoms with Crippen molar-refractivity contribution in [3.05, 3.63) is 62.7 Å². The van der Waals surface area contributed by atoms with E-state index in [4.69, 9.17) is 5.73 Å². The van der Waals surface area contributed by atoms with Crippen molar-refractivity contribution in [2.24, 2.45) is 0 Å². The predicted molar refractivity (Wildman–Crippen MR) is 65.1 cm³/mol. The van der Waals surface area contributed by atoms with Gasteiger partial charge in [-0.3, -0.25) is 14.9 Å². The largest absolute Gasteiger partial charge is 0.384 e. The molecule has 2 aromatic rings. The molecule has 0 spiro atoms. The van der Waals surface area contributed by atoms with Crippen LogP contribution in [0.5, 0.6) is 0 Å². The molecule has 0 fully saturated rings. The highest BCUT2D eigenvalue weighted by atomic mass is 16.6. The molecule has 0 atom stereocenters. The Kier molecular flexibility index (Phi) is 3.05. The Balaban J connectivity index is 2.38. The summed E-state index contributed by atoms with van der Waals surface area (Å²) in [4.78, 5) is 25.7. The van der Waals surface area contributed by atoms with Crippen LogP contribution in [0.4, 0.5) is 11.5 Å². The predicted octanol–water partition coefficient (Wildman–Crippen LogP) is 0.782. The van der Waals surface area contributed by atoms with Gasteiger partial charge in [0.1, 0.15) is 5.82 Å². The van der Waals surface area contributed by atoms with Gasteiger partial charge in [0.05, 0.1) is 17.2 Å². The molecule has 92 valence electrons. The van der Waals surface area contributed by atoms with Crippen LogP contribution in [-0.4, -0.2) is 14.5 Å². The van der Waals surface area contributed by atoms with Crippen LogP contribution in [0.25, 0.3) is 0 Å². The summed E-state index contributed by atoms with van der Waals surface area (Å²) in [6.45, 7) is 0.144. The van der Waals surface area contributed by atoms with Crippen molar-refractivity contribution < 1.29 is 4.92 Å². The third-order valence-corrected chi connectivity index (χ3v) is 2.36. The van der Waals surface area contributed by atoms with Crippen LogP contribution >= 0.6 is 0 Å². The van der Waals surface area contributed by atoms with E-state index in [1.807, 2.05) is 0 Å². The number of nitro groups is 1. The summed E-state index contributed by atoms with van der Waals surface area (Å²) in [5, 5.41) is 10.6. The van der Waals surface area contributed by atoms with E-state index in [9.17, 15) is 14.9 Å². The molecule has 2 aromatic heterocycles. The van der Waals surface area contributed by atoms with Gasteiger partial charge in [0.25, 0.3) is 0 Å². The highest BCUT2D eigenvalue weighted by Crippen LogP contribution is 2.05. The van der Waals surface area contributed by atoms with Gasteiger partial charge in [0.15, 0.2) is 0 Å². The maximum absolute atomic E-state index is 11.8. The molecule has 18 heavy (non-hydrogen) atoms. The molecule has 7 heteroatoms. The third-order valence-electron chi connectivity index (χ3n) is 2.36. The average Bonchev–Trinajstić information content (AvgIpc) is 2.31. The fourth-order valence-electron chi connectivity index (χ4n) is 1.55. The summed E-state index contributed by atoms with van der Waals surface area (Å²) < 4.78 is 1.22. The normalized spacial score (nSPS) is 10.2. The maximum Gasteiger partial charge on any atom is 0.334 e. The van der Waals surface area contributed by atoms with E-state index in [1.54, 1.807) is 18.2 Å². The molecule has 0 aliphatic heterocycles. The van der Waals surface area contributed by atoms with E-state index in [2.05, 4.69) is 4.98 Å². The number of pyridine rings is 2. The Morgan fingerprint density at radius 3 is 2.78 bits per heavy atom. The SMILES string of the molecule is Nc1cccc(Cn2cccc([N+](=O)[O-])c2=O)n1. The second-order valence-corrected chi connectivity index (χ2v) is 3.64. The van der Waals surface area contributed by atoms with Crippen LogP contribution in [0.3, 0.4) is 0 Å². The molecule has 0 unspecified atom stereocenters. The molecule has 0 saturated carbocycles. The van der Waals surface area contributed by atoms with Crippen LogP contribution in [0.2, 0.25) is 0 Å². The first-order valence-electron chi connectivity index (χ1n) is 5.13. The quantitative estimate of drug-likeness (QED) is 0.636. The minimum atomic E-state index is -0.703. The molecule has 2 rings (SSSR count). The Hall–Kier alpha value is -2.70. The van der Waals surface area contributed by atoms with Gasteiger partial charge in [-0.05, 0) is 18.2 Å². The van der Waals surface area contributed by atoms with Gasteiger partial charge in [-0.1, -0.05) is 6.07 Å². The summed E-state index contributed by atoms with van der Waals surface area (Å²) in [5.41, 5.74) is 4.97. The number of hydrogen-bond donors (Lipinski definition) is 1. The molecule has 0 radical (unpaired) electrons. The number of anilines is 1. The Morgan fingerprint density at radius 2 is 2.11 bits per heavy atom. The topological polar surface area (TPSA) is 104 Å². The Morgan fingerprint density at radius 1 is 1.33 bits per heavy atom. The zero-order chi connectivity index (χ0) is 13.1. The van der Waals surface area contributed by atoms with E-state index in [-0.39, 0.29) is 6.54 Å². The zero-order valence-electron chi connectivity index (χ0n) is 9.31. The van der Waals surface area contributed by atoms with Crippen LogP contribution < -0.4 is 11.3 Å². The molecule has 7 nitrogen and oxygen atoms in total. The summed E-state index contributed by atoms with van der Waals surface area (Å²) in [5.74, 6) is 0.339. The molecule has 0 saturated heterocycles. The summed E-state index contributed by atoms with van der Waals surface area (Å²) in [6, 6.07) is 7.65. The first kappa shape index (κ1) is 11.8. The molecular weight excluding hydrogens is 236 g/mol. The lowest BCUT2D eigenvalue weighted by molar-refractivity contribution is -0.386. The minimum absolute atomic E-state index is 0.144. The standard InChI is InChI=1S/C11H10N4O3/c12-10-5-1-3-8(13-10)7-14-6-2-4-9(11(14)16)15(17)18/h1-6H,7H2,(H2,12,13). The smallest absolute Gasteiger partial charge is 0.334 e. The van der Waals surface area contributed by atoms with Crippen molar-refractivity contribution in [2.75, 3.05) is 5.73 Å². The highest BCUT2D eigenvalue weighted by molar-refractivity contribution is 5.29. The van der Waals surface area contributed by atoms with Crippen molar-refractivity contribution in [3.8, 4) is 0 Å². The minimum Gasteiger partial charge on any atom is -0.384 e. The van der Waals surface area contributed by atoms with Crippen molar-refractivity contribution in [2.45, 2.75) is 6.54 Å². The van der Waals surface area contributed by atoms with Crippen molar-refractivity contribution in [1.82, 2.24) is 9.55 Å². The fraction of sp³-hybridized carbons (Fsp3) is 0.0909. The maximum atomic E-state index is 11.8. The molecular formula is C11H10N4O3. The van der Waals surface area contributed by atoms with Gasteiger partial charge < -0.3 is 10.3 Å². The van der Waals surface area contributed by atoms with E-state index in [0.717, 1.165) is 0 Å². The number of rotatable bonds is 3. The lowest BCUT2D eigenvalue weighted by Crippen LogP contribution is -2.22. The first-order chi connectivity index (χ1) is 8.58.